The highest BCUT2D eigenvalue weighted by Gasteiger charge is 2.30. The van der Waals surface area contributed by atoms with Crippen molar-refractivity contribution in [1.82, 2.24) is 0 Å². The van der Waals surface area contributed by atoms with Crippen molar-refractivity contribution in [2.75, 3.05) is 33.3 Å². The Bertz CT molecular complexity index is 897. The van der Waals surface area contributed by atoms with Crippen LogP contribution in [0.3, 0.4) is 0 Å². The van der Waals surface area contributed by atoms with E-state index in [9.17, 15) is 19.5 Å². The SMILES string of the molecule is COC(=O)C1=C(C(=O)OC)N(c2cc(OC)cc(C(=O)OC)c2O)C=CC=C1. The Morgan fingerprint density at radius 2 is 1.54 bits per heavy atom. The van der Waals surface area contributed by atoms with Gasteiger partial charge in [0.25, 0.3) is 0 Å². The zero-order valence-electron chi connectivity index (χ0n) is 15.7. The number of aromatic hydroxyl groups is 1. The predicted octanol–water partition coefficient (Wildman–Crippen LogP) is 1.68. The minimum Gasteiger partial charge on any atom is -0.505 e. The largest absolute Gasteiger partial charge is 0.505 e. The number of methoxy groups -OCH3 is 4. The number of ether oxygens (including phenoxy) is 4. The van der Waals surface area contributed by atoms with Gasteiger partial charge in [-0.2, -0.15) is 0 Å². The molecule has 1 aliphatic rings. The van der Waals surface area contributed by atoms with Crippen LogP contribution in [-0.4, -0.2) is 51.5 Å². The van der Waals surface area contributed by atoms with Crippen molar-refractivity contribution in [2.45, 2.75) is 0 Å². The van der Waals surface area contributed by atoms with Gasteiger partial charge in [-0.1, -0.05) is 6.08 Å². The lowest BCUT2D eigenvalue weighted by atomic mass is 10.1. The van der Waals surface area contributed by atoms with Gasteiger partial charge in [-0.05, 0) is 18.2 Å². The normalized spacial score (nSPS) is 13.1. The summed E-state index contributed by atoms with van der Waals surface area (Å²) < 4.78 is 19.4. The zero-order chi connectivity index (χ0) is 20.8. The van der Waals surface area contributed by atoms with E-state index in [0.29, 0.717) is 0 Å². The molecule has 1 aromatic rings. The number of phenolic OH excluding ortho intramolecular Hbond substituents is 1. The number of rotatable bonds is 5. The summed E-state index contributed by atoms with van der Waals surface area (Å²) in [6.45, 7) is 0. The molecule has 0 bridgehead atoms. The van der Waals surface area contributed by atoms with Gasteiger partial charge in [-0.3, -0.25) is 0 Å². The molecule has 0 saturated heterocycles. The van der Waals surface area contributed by atoms with Crippen molar-refractivity contribution in [3.63, 3.8) is 0 Å². The van der Waals surface area contributed by atoms with E-state index in [1.54, 1.807) is 0 Å². The first-order valence-electron chi connectivity index (χ1n) is 7.93. The van der Waals surface area contributed by atoms with Gasteiger partial charge in [0.05, 0.1) is 39.7 Å². The Balaban J connectivity index is 2.81. The molecule has 28 heavy (non-hydrogen) atoms. The third kappa shape index (κ3) is 3.83. The van der Waals surface area contributed by atoms with Crippen molar-refractivity contribution in [3.05, 3.63) is 53.4 Å². The van der Waals surface area contributed by atoms with Crippen LogP contribution >= 0.6 is 0 Å². The first-order chi connectivity index (χ1) is 13.4. The van der Waals surface area contributed by atoms with E-state index < -0.39 is 23.7 Å². The van der Waals surface area contributed by atoms with Gasteiger partial charge in [0.2, 0.25) is 0 Å². The number of hydrogen-bond donors (Lipinski definition) is 1. The minimum absolute atomic E-state index is 0.0125. The number of anilines is 1. The van der Waals surface area contributed by atoms with Crippen LogP contribution in [-0.2, 0) is 23.8 Å². The van der Waals surface area contributed by atoms with Crippen LogP contribution in [0.1, 0.15) is 10.4 Å². The number of carbonyl (C=O) groups is 3. The van der Waals surface area contributed by atoms with E-state index in [4.69, 9.17) is 14.2 Å². The molecule has 0 amide bonds. The molecule has 0 fully saturated rings. The number of benzene rings is 1. The van der Waals surface area contributed by atoms with E-state index in [1.807, 2.05) is 0 Å². The van der Waals surface area contributed by atoms with Crippen molar-refractivity contribution in [2.24, 2.45) is 0 Å². The molecule has 148 valence electrons. The number of phenols is 1. The van der Waals surface area contributed by atoms with E-state index >= 15 is 0 Å². The second-order valence-corrected chi connectivity index (χ2v) is 5.35. The summed E-state index contributed by atoms with van der Waals surface area (Å²) in [5, 5.41) is 10.7. The quantitative estimate of drug-likeness (QED) is 0.594. The van der Waals surface area contributed by atoms with Gasteiger partial charge in [-0.25, -0.2) is 14.4 Å². The monoisotopic (exact) mass is 389 g/mol. The molecule has 1 heterocycles. The maximum atomic E-state index is 12.5. The van der Waals surface area contributed by atoms with Gasteiger partial charge < -0.3 is 29.0 Å². The van der Waals surface area contributed by atoms with Crippen LogP contribution in [0.4, 0.5) is 5.69 Å². The lowest BCUT2D eigenvalue weighted by molar-refractivity contribution is -0.139. The molecule has 0 radical (unpaired) electrons. The molecule has 0 aliphatic carbocycles. The van der Waals surface area contributed by atoms with E-state index in [0.717, 1.165) is 14.2 Å². The van der Waals surface area contributed by atoms with Crippen molar-refractivity contribution >= 4 is 23.6 Å². The Morgan fingerprint density at radius 1 is 0.893 bits per heavy atom. The summed E-state index contributed by atoms with van der Waals surface area (Å²) in [6.07, 6.45) is 5.81. The fourth-order valence-corrected chi connectivity index (χ4v) is 2.51. The molecule has 1 aromatic carbocycles. The maximum absolute atomic E-state index is 12.5. The molecule has 0 atom stereocenters. The third-order valence-electron chi connectivity index (χ3n) is 3.85. The van der Waals surface area contributed by atoms with Crippen LogP contribution in [0.25, 0.3) is 0 Å². The highest BCUT2D eigenvalue weighted by atomic mass is 16.5. The third-order valence-corrected chi connectivity index (χ3v) is 3.85. The maximum Gasteiger partial charge on any atom is 0.355 e. The summed E-state index contributed by atoms with van der Waals surface area (Å²) in [5.74, 6) is -2.74. The first kappa shape index (κ1) is 20.6. The van der Waals surface area contributed by atoms with Crippen molar-refractivity contribution < 1.29 is 38.4 Å². The highest BCUT2D eigenvalue weighted by Crippen LogP contribution is 2.39. The lowest BCUT2D eigenvalue weighted by Gasteiger charge is -2.25. The van der Waals surface area contributed by atoms with Crippen LogP contribution in [0, 0.1) is 0 Å². The average molecular weight is 389 g/mol. The summed E-state index contributed by atoms with van der Waals surface area (Å²) in [6, 6.07) is 2.67. The highest BCUT2D eigenvalue weighted by molar-refractivity contribution is 6.06. The molecular weight excluding hydrogens is 370 g/mol. The van der Waals surface area contributed by atoms with Crippen LogP contribution in [0.2, 0.25) is 0 Å². The second kappa shape index (κ2) is 8.76. The summed E-state index contributed by atoms with van der Waals surface area (Å²) in [4.78, 5) is 37.9. The lowest BCUT2D eigenvalue weighted by Crippen LogP contribution is -2.27. The smallest absolute Gasteiger partial charge is 0.355 e. The van der Waals surface area contributed by atoms with Crippen LogP contribution < -0.4 is 9.64 Å². The molecule has 9 nitrogen and oxygen atoms in total. The average Bonchev–Trinajstić information content (AvgIpc) is 2.95. The van der Waals surface area contributed by atoms with Gasteiger partial charge in [-0.15, -0.1) is 0 Å². The Morgan fingerprint density at radius 3 is 2.11 bits per heavy atom. The molecule has 0 spiro atoms. The Kier molecular flexibility index (Phi) is 6.43. The zero-order valence-corrected chi connectivity index (χ0v) is 15.7. The summed E-state index contributed by atoms with van der Waals surface area (Å²) in [7, 11) is 4.84. The number of hydrogen-bond acceptors (Lipinski definition) is 9. The van der Waals surface area contributed by atoms with Gasteiger partial charge in [0.15, 0.2) is 5.75 Å². The van der Waals surface area contributed by atoms with Gasteiger partial charge in [0.1, 0.15) is 17.0 Å². The van der Waals surface area contributed by atoms with Crippen LogP contribution in [0.5, 0.6) is 11.5 Å². The van der Waals surface area contributed by atoms with Crippen molar-refractivity contribution in [3.8, 4) is 11.5 Å². The number of nitrogens with zero attached hydrogens (tertiary/aromatic N) is 1. The fourth-order valence-electron chi connectivity index (χ4n) is 2.51. The minimum atomic E-state index is -0.863. The molecule has 0 unspecified atom stereocenters. The number of carbonyl (C=O) groups excluding carboxylic acids is 3. The van der Waals surface area contributed by atoms with Gasteiger partial charge >= 0.3 is 17.9 Å². The topological polar surface area (TPSA) is 112 Å². The van der Waals surface area contributed by atoms with Gasteiger partial charge in [0, 0.05) is 12.3 Å². The van der Waals surface area contributed by atoms with E-state index in [1.165, 1.54) is 55.7 Å². The number of allylic oxidation sites excluding steroid dienone is 2. The Hall–Kier alpha value is -3.75. The first-order valence-corrected chi connectivity index (χ1v) is 7.93. The van der Waals surface area contributed by atoms with Crippen molar-refractivity contribution in [1.29, 1.82) is 0 Å². The molecule has 2 rings (SSSR count). The van der Waals surface area contributed by atoms with E-state index in [-0.39, 0.29) is 28.3 Å². The van der Waals surface area contributed by atoms with E-state index in [2.05, 4.69) is 4.74 Å². The predicted molar refractivity (Wildman–Crippen MR) is 97.8 cm³/mol. The standard InChI is InChI=1S/C19H19NO8/c1-25-11-9-13(18(23)27-3)16(21)14(10-11)20-8-6-5-7-12(17(22)26-2)15(20)19(24)28-4/h5-10,21H,1-4H3. The molecule has 0 saturated carbocycles. The molecule has 1 aliphatic heterocycles. The number of esters is 3. The Labute approximate surface area is 161 Å². The van der Waals surface area contributed by atoms with Crippen LogP contribution in [0.15, 0.2) is 47.8 Å². The molecular formula is C19H19NO8. The molecule has 9 heteroatoms. The second-order valence-electron chi connectivity index (χ2n) is 5.35. The summed E-state index contributed by atoms with van der Waals surface area (Å²) in [5.41, 5.74) is -0.535. The summed E-state index contributed by atoms with van der Waals surface area (Å²) >= 11 is 0. The molecule has 0 aromatic heterocycles. The fraction of sp³-hybridized carbons (Fsp3) is 0.211. The molecule has 1 N–H and O–H groups in total.